The maximum absolute atomic E-state index is 4.44. The van der Waals surface area contributed by atoms with E-state index in [9.17, 15) is 0 Å². The lowest BCUT2D eigenvalue weighted by atomic mass is 9.84. The number of hydrogen-bond donors (Lipinski definition) is 2. The van der Waals surface area contributed by atoms with Gasteiger partial charge in [-0.15, -0.1) is 24.0 Å². The summed E-state index contributed by atoms with van der Waals surface area (Å²) in [5, 5.41) is 7.11. The van der Waals surface area contributed by atoms with Gasteiger partial charge in [0.25, 0.3) is 0 Å². The molecule has 2 aliphatic heterocycles. The van der Waals surface area contributed by atoms with Gasteiger partial charge in [0, 0.05) is 44.6 Å². The normalized spacial score (nSPS) is 21.5. The fraction of sp³-hybridized carbons (Fsp3) is 0.750. The molecule has 154 valence electrons. The van der Waals surface area contributed by atoms with Crippen LogP contribution in [-0.4, -0.2) is 79.2 Å². The number of aliphatic imine (C=N–C) groups is 1. The Morgan fingerprint density at radius 1 is 1.00 bits per heavy atom. The molecule has 1 aromatic rings. The third kappa shape index (κ3) is 6.35. The lowest BCUT2D eigenvalue weighted by molar-refractivity contribution is 0.0173. The monoisotopic (exact) mass is 488 g/mol. The van der Waals surface area contributed by atoms with Crippen molar-refractivity contribution < 1.29 is 0 Å². The SMILES string of the molecule is CN=C(NCCn1cccc1)NCC1(N2CCCCC2)CCN(C)CC1.I. The first-order valence-electron chi connectivity index (χ1n) is 10.2. The average Bonchev–Trinajstić information content (AvgIpc) is 3.20. The molecule has 2 aliphatic rings. The molecule has 0 aliphatic carbocycles. The zero-order valence-corrected chi connectivity index (χ0v) is 19.3. The number of halogens is 1. The van der Waals surface area contributed by atoms with Gasteiger partial charge in [-0.2, -0.15) is 0 Å². The standard InChI is InChI=1S/C20H36N6.HI/c1-21-19(22-10-17-25-11-6-7-12-25)23-18-20(8-15-24(2)16-9-20)26-13-4-3-5-14-26;/h6-7,11-12H,3-5,8-10,13-18H2,1-2H3,(H2,21,22,23);1H. The highest BCUT2D eigenvalue weighted by Gasteiger charge is 2.39. The van der Waals surface area contributed by atoms with Gasteiger partial charge in [-0.1, -0.05) is 6.42 Å². The van der Waals surface area contributed by atoms with Crippen LogP contribution in [0.5, 0.6) is 0 Å². The minimum atomic E-state index is 0. The maximum Gasteiger partial charge on any atom is 0.191 e. The van der Waals surface area contributed by atoms with E-state index in [4.69, 9.17) is 0 Å². The Balaban J connectivity index is 0.00000261. The smallest absolute Gasteiger partial charge is 0.191 e. The summed E-state index contributed by atoms with van der Waals surface area (Å²) in [5.74, 6) is 0.924. The number of nitrogens with zero attached hydrogens (tertiary/aromatic N) is 4. The summed E-state index contributed by atoms with van der Waals surface area (Å²) in [7, 11) is 4.11. The van der Waals surface area contributed by atoms with Crippen LogP contribution in [0.3, 0.4) is 0 Å². The van der Waals surface area contributed by atoms with Crippen molar-refractivity contribution in [2.75, 3.05) is 53.4 Å². The van der Waals surface area contributed by atoms with Crippen LogP contribution in [0.15, 0.2) is 29.5 Å². The molecule has 0 saturated carbocycles. The summed E-state index contributed by atoms with van der Waals surface area (Å²) in [6.45, 7) is 7.72. The molecule has 7 heteroatoms. The second kappa shape index (κ2) is 11.3. The van der Waals surface area contributed by atoms with E-state index < -0.39 is 0 Å². The van der Waals surface area contributed by atoms with Crippen molar-refractivity contribution in [2.24, 2.45) is 4.99 Å². The molecule has 0 radical (unpaired) electrons. The summed E-state index contributed by atoms with van der Waals surface area (Å²) >= 11 is 0. The van der Waals surface area contributed by atoms with Crippen LogP contribution in [0.1, 0.15) is 32.1 Å². The molecule has 27 heavy (non-hydrogen) atoms. The van der Waals surface area contributed by atoms with Crippen LogP contribution in [0.2, 0.25) is 0 Å². The van der Waals surface area contributed by atoms with Crippen molar-refractivity contribution in [3.63, 3.8) is 0 Å². The Morgan fingerprint density at radius 2 is 1.67 bits per heavy atom. The van der Waals surface area contributed by atoms with Crippen LogP contribution < -0.4 is 10.6 Å². The molecule has 0 unspecified atom stereocenters. The first-order valence-corrected chi connectivity index (χ1v) is 10.2. The van der Waals surface area contributed by atoms with Crippen LogP contribution in [0, 0.1) is 0 Å². The number of guanidine groups is 1. The predicted molar refractivity (Wildman–Crippen MR) is 124 cm³/mol. The van der Waals surface area contributed by atoms with Gasteiger partial charge in [0.15, 0.2) is 5.96 Å². The van der Waals surface area contributed by atoms with E-state index in [0.29, 0.717) is 0 Å². The third-order valence-corrected chi connectivity index (χ3v) is 6.08. The van der Waals surface area contributed by atoms with Gasteiger partial charge in [-0.25, -0.2) is 0 Å². The molecule has 0 amide bonds. The average molecular weight is 488 g/mol. The minimum Gasteiger partial charge on any atom is -0.355 e. The zero-order valence-electron chi connectivity index (χ0n) is 17.0. The molecule has 1 aromatic heterocycles. The van der Waals surface area contributed by atoms with Crippen molar-refractivity contribution in [1.29, 1.82) is 0 Å². The number of rotatable bonds is 6. The topological polar surface area (TPSA) is 47.8 Å². The van der Waals surface area contributed by atoms with Crippen molar-refractivity contribution in [2.45, 2.75) is 44.2 Å². The lowest BCUT2D eigenvalue weighted by Crippen LogP contribution is -2.62. The van der Waals surface area contributed by atoms with Crippen LogP contribution in [-0.2, 0) is 6.54 Å². The summed E-state index contributed by atoms with van der Waals surface area (Å²) in [6.07, 6.45) is 10.8. The molecule has 6 nitrogen and oxygen atoms in total. The first kappa shape index (κ1) is 22.5. The summed E-state index contributed by atoms with van der Waals surface area (Å²) in [5.41, 5.74) is 0.283. The van der Waals surface area contributed by atoms with Gasteiger partial charge in [0.05, 0.1) is 0 Å². The first-order chi connectivity index (χ1) is 12.7. The van der Waals surface area contributed by atoms with Gasteiger partial charge >= 0.3 is 0 Å². The van der Waals surface area contributed by atoms with Crippen LogP contribution in [0.25, 0.3) is 0 Å². The van der Waals surface area contributed by atoms with Crippen LogP contribution in [0.4, 0.5) is 0 Å². The zero-order chi connectivity index (χ0) is 18.2. The molecule has 3 heterocycles. The van der Waals surface area contributed by atoms with Gasteiger partial charge in [-0.3, -0.25) is 9.89 Å². The van der Waals surface area contributed by atoms with Gasteiger partial charge in [-0.05, 0) is 71.0 Å². The molecule has 0 bridgehead atoms. The number of likely N-dealkylation sites (tertiary alicyclic amines) is 2. The fourth-order valence-electron chi connectivity index (χ4n) is 4.30. The Kier molecular flexibility index (Phi) is 9.38. The summed E-state index contributed by atoms with van der Waals surface area (Å²) in [6, 6.07) is 4.13. The second-order valence-corrected chi connectivity index (χ2v) is 7.85. The molecule has 2 N–H and O–H groups in total. The molecule has 2 fully saturated rings. The Labute approximate surface area is 181 Å². The van der Waals surface area contributed by atoms with Crippen molar-refractivity contribution >= 4 is 29.9 Å². The van der Waals surface area contributed by atoms with E-state index in [1.807, 2.05) is 7.05 Å². The highest BCUT2D eigenvalue weighted by Crippen LogP contribution is 2.30. The molecule has 3 rings (SSSR count). The Bertz CT molecular complexity index is 545. The van der Waals surface area contributed by atoms with Gasteiger partial charge in [0.1, 0.15) is 0 Å². The molecule has 0 aromatic carbocycles. The van der Waals surface area contributed by atoms with Crippen molar-refractivity contribution in [1.82, 2.24) is 25.0 Å². The van der Waals surface area contributed by atoms with E-state index >= 15 is 0 Å². The van der Waals surface area contributed by atoms with Gasteiger partial charge in [0.2, 0.25) is 0 Å². The van der Waals surface area contributed by atoms with Crippen molar-refractivity contribution in [3.05, 3.63) is 24.5 Å². The number of nitrogens with one attached hydrogen (secondary N) is 2. The summed E-state index contributed by atoms with van der Waals surface area (Å²) in [4.78, 5) is 9.67. The summed E-state index contributed by atoms with van der Waals surface area (Å²) < 4.78 is 2.19. The maximum atomic E-state index is 4.44. The Morgan fingerprint density at radius 3 is 2.30 bits per heavy atom. The fourth-order valence-corrected chi connectivity index (χ4v) is 4.30. The highest BCUT2D eigenvalue weighted by atomic mass is 127. The van der Waals surface area contributed by atoms with Crippen molar-refractivity contribution in [3.8, 4) is 0 Å². The largest absolute Gasteiger partial charge is 0.355 e. The van der Waals surface area contributed by atoms with E-state index in [0.717, 1.165) is 25.6 Å². The molecular weight excluding hydrogens is 451 g/mol. The quantitative estimate of drug-likeness (QED) is 0.367. The molecule has 2 saturated heterocycles. The lowest BCUT2D eigenvalue weighted by Gasteiger charge is -2.50. The van der Waals surface area contributed by atoms with Gasteiger partial charge < -0.3 is 20.1 Å². The number of aromatic nitrogens is 1. The Hall–Kier alpha value is -0.800. The second-order valence-electron chi connectivity index (χ2n) is 7.85. The third-order valence-electron chi connectivity index (χ3n) is 6.08. The number of piperidine rings is 2. The van der Waals surface area contributed by atoms with E-state index in [1.165, 1.54) is 58.3 Å². The molecule has 0 atom stereocenters. The highest BCUT2D eigenvalue weighted by molar-refractivity contribution is 14.0. The molecule has 0 spiro atoms. The van der Waals surface area contributed by atoms with E-state index in [2.05, 4.69) is 61.6 Å². The number of hydrogen-bond acceptors (Lipinski definition) is 3. The predicted octanol–water partition coefficient (Wildman–Crippen LogP) is 2.22. The van der Waals surface area contributed by atoms with E-state index in [-0.39, 0.29) is 29.5 Å². The minimum absolute atomic E-state index is 0. The van der Waals surface area contributed by atoms with E-state index in [1.54, 1.807) is 0 Å². The van der Waals surface area contributed by atoms with Crippen LogP contribution >= 0.6 is 24.0 Å². The molecular formula is C20H37IN6.